The van der Waals surface area contributed by atoms with Crippen LogP contribution >= 0.6 is 0 Å². The van der Waals surface area contributed by atoms with Gasteiger partial charge < -0.3 is 5.11 Å². The molecule has 0 aliphatic carbocycles. The molecule has 1 aromatic carbocycles. The molecule has 1 aliphatic heterocycles. The molecule has 0 bridgehead atoms. The largest absolute Gasteiger partial charge is 0.481 e. The normalized spacial score (nSPS) is 19.1. The Morgan fingerprint density at radius 1 is 1.41 bits per heavy atom. The number of carboxylic acids is 1. The second-order valence-corrected chi connectivity index (χ2v) is 5.20. The minimum atomic E-state index is -0.823. The van der Waals surface area contributed by atoms with Crippen molar-refractivity contribution in [3.8, 4) is 0 Å². The topological polar surface area (TPSA) is 49.7 Å². The molecule has 0 saturated carbocycles. The van der Waals surface area contributed by atoms with Crippen molar-refractivity contribution < 1.29 is 9.90 Å². The molecule has 0 aromatic heterocycles. The highest BCUT2D eigenvalue weighted by atomic mass is 16.4. The molecule has 0 saturated heterocycles. The first-order valence-corrected chi connectivity index (χ1v) is 5.81. The van der Waals surface area contributed by atoms with E-state index in [1.165, 1.54) is 5.56 Å². The number of rotatable bonds is 2. The Bertz CT molecular complexity index is 489. The molecular weight excluding hydrogens is 214 g/mol. The fraction of sp³-hybridized carbons (Fsp3) is 0.429. The van der Waals surface area contributed by atoms with E-state index in [9.17, 15) is 4.79 Å². The molecule has 0 amide bonds. The maximum atomic E-state index is 11.1. The average Bonchev–Trinajstić information content (AvgIpc) is 2.25. The average molecular weight is 231 g/mol. The lowest BCUT2D eigenvalue weighted by Gasteiger charge is -2.30. The van der Waals surface area contributed by atoms with Gasteiger partial charge in [-0.15, -0.1) is 0 Å². The van der Waals surface area contributed by atoms with Gasteiger partial charge in [-0.3, -0.25) is 9.79 Å². The maximum absolute atomic E-state index is 11.1. The van der Waals surface area contributed by atoms with Crippen LogP contribution in [0.4, 0.5) is 0 Å². The molecule has 1 aromatic rings. The van der Waals surface area contributed by atoms with Crippen LogP contribution in [0.25, 0.3) is 0 Å². The SMILES string of the molecule is CC(C(=O)O)C1=NC(C)(C)Cc2ccccc21. The molecule has 90 valence electrons. The van der Waals surface area contributed by atoms with Crippen LogP contribution in [0.1, 0.15) is 31.9 Å². The molecule has 1 unspecified atom stereocenters. The summed E-state index contributed by atoms with van der Waals surface area (Å²) in [6.45, 7) is 5.77. The monoisotopic (exact) mass is 231 g/mol. The van der Waals surface area contributed by atoms with Crippen molar-refractivity contribution in [2.75, 3.05) is 0 Å². The van der Waals surface area contributed by atoms with Gasteiger partial charge in [-0.25, -0.2) is 0 Å². The van der Waals surface area contributed by atoms with Crippen LogP contribution in [0.5, 0.6) is 0 Å². The predicted molar refractivity (Wildman–Crippen MR) is 67.6 cm³/mol. The van der Waals surface area contributed by atoms with Crippen LogP contribution in [0.3, 0.4) is 0 Å². The Morgan fingerprint density at radius 2 is 2.06 bits per heavy atom. The zero-order chi connectivity index (χ0) is 12.6. The van der Waals surface area contributed by atoms with Crippen LogP contribution in [-0.2, 0) is 11.2 Å². The van der Waals surface area contributed by atoms with Crippen molar-refractivity contribution in [1.82, 2.24) is 0 Å². The van der Waals surface area contributed by atoms with Crippen molar-refractivity contribution in [3.63, 3.8) is 0 Å². The van der Waals surface area contributed by atoms with Crippen molar-refractivity contribution >= 4 is 11.7 Å². The summed E-state index contributed by atoms with van der Waals surface area (Å²) in [6, 6.07) is 7.94. The van der Waals surface area contributed by atoms with Crippen molar-refractivity contribution in [2.24, 2.45) is 10.9 Å². The molecule has 0 radical (unpaired) electrons. The van der Waals surface area contributed by atoms with Gasteiger partial charge in [0.1, 0.15) is 0 Å². The summed E-state index contributed by atoms with van der Waals surface area (Å²) in [6.07, 6.45) is 0.860. The minimum absolute atomic E-state index is 0.215. The Labute approximate surface area is 101 Å². The Morgan fingerprint density at radius 3 is 2.71 bits per heavy atom. The number of aliphatic carboxylic acids is 1. The van der Waals surface area contributed by atoms with Crippen molar-refractivity contribution in [1.29, 1.82) is 0 Å². The molecule has 17 heavy (non-hydrogen) atoms. The number of hydrogen-bond acceptors (Lipinski definition) is 2. The van der Waals surface area contributed by atoms with Crippen LogP contribution in [0, 0.1) is 5.92 Å². The summed E-state index contributed by atoms with van der Waals surface area (Å²) in [5.74, 6) is -1.38. The molecule has 2 rings (SSSR count). The van der Waals surface area contributed by atoms with E-state index in [1.54, 1.807) is 6.92 Å². The first kappa shape index (κ1) is 11.8. The number of aliphatic imine (C=N–C) groups is 1. The third-order valence-corrected chi connectivity index (χ3v) is 3.12. The van der Waals surface area contributed by atoms with Gasteiger partial charge in [-0.05, 0) is 38.3 Å². The van der Waals surface area contributed by atoms with E-state index in [-0.39, 0.29) is 5.54 Å². The minimum Gasteiger partial charge on any atom is -0.481 e. The summed E-state index contributed by atoms with van der Waals surface area (Å²) < 4.78 is 0. The summed E-state index contributed by atoms with van der Waals surface area (Å²) >= 11 is 0. The van der Waals surface area contributed by atoms with E-state index in [0.29, 0.717) is 5.71 Å². The van der Waals surface area contributed by atoms with Crippen LogP contribution in [-0.4, -0.2) is 22.3 Å². The summed E-state index contributed by atoms with van der Waals surface area (Å²) in [5.41, 5.74) is 2.66. The molecule has 1 N–H and O–H groups in total. The number of benzene rings is 1. The molecular formula is C14H17NO2. The van der Waals surface area contributed by atoms with Gasteiger partial charge in [0.25, 0.3) is 0 Å². The van der Waals surface area contributed by atoms with Gasteiger partial charge in [0.15, 0.2) is 0 Å². The Hall–Kier alpha value is -1.64. The predicted octanol–water partition coefficient (Wildman–Crippen LogP) is 2.53. The van der Waals surface area contributed by atoms with Crippen molar-refractivity contribution in [3.05, 3.63) is 35.4 Å². The highest BCUT2D eigenvalue weighted by molar-refractivity contribution is 6.12. The van der Waals surface area contributed by atoms with E-state index in [1.807, 2.05) is 32.0 Å². The van der Waals surface area contributed by atoms with Gasteiger partial charge in [-0.2, -0.15) is 0 Å². The summed E-state index contributed by atoms with van der Waals surface area (Å²) in [4.78, 5) is 15.8. The molecule has 1 atom stereocenters. The lowest BCUT2D eigenvalue weighted by atomic mass is 9.83. The van der Waals surface area contributed by atoms with Gasteiger partial charge in [0.05, 0.1) is 17.2 Å². The fourth-order valence-electron chi connectivity index (χ4n) is 2.26. The first-order chi connectivity index (χ1) is 7.91. The maximum Gasteiger partial charge on any atom is 0.312 e. The van der Waals surface area contributed by atoms with E-state index >= 15 is 0 Å². The standard InChI is InChI=1S/C14H17NO2/c1-9(13(16)17)12-11-7-5-4-6-10(11)8-14(2,3)15-12/h4-7,9H,8H2,1-3H3,(H,16,17). The number of hydrogen-bond donors (Lipinski definition) is 1. The zero-order valence-corrected chi connectivity index (χ0v) is 10.4. The molecule has 3 heteroatoms. The number of carbonyl (C=O) groups is 1. The smallest absolute Gasteiger partial charge is 0.312 e. The lowest BCUT2D eigenvalue weighted by Crippen LogP contribution is -2.33. The van der Waals surface area contributed by atoms with E-state index in [2.05, 4.69) is 11.1 Å². The quantitative estimate of drug-likeness (QED) is 0.850. The van der Waals surface area contributed by atoms with E-state index in [0.717, 1.165) is 12.0 Å². The van der Waals surface area contributed by atoms with Gasteiger partial charge >= 0.3 is 5.97 Å². The van der Waals surface area contributed by atoms with E-state index < -0.39 is 11.9 Å². The van der Waals surface area contributed by atoms with Gasteiger partial charge in [0.2, 0.25) is 0 Å². The first-order valence-electron chi connectivity index (χ1n) is 5.81. The third-order valence-electron chi connectivity index (χ3n) is 3.12. The molecule has 1 heterocycles. The van der Waals surface area contributed by atoms with E-state index in [4.69, 9.17) is 5.11 Å². The highest BCUT2D eigenvalue weighted by Gasteiger charge is 2.31. The lowest BCUT2D eigenvalue weighted by molar-refractivity contribution is -0.138. The zero-order valence-electron chi connectivity index (χ0n) is 10.4. The third kappa shape index (κ3) is 2.23. The van der Waals surface area contributed by atoms with Crippen LogP contribution in [0.15, 0.2) is 29.3 Å². The molecule has 3 nitrogen and oxygen atoms in total. The second-order valence-electron chi connectivity index (χ2n) is 5.20. The molecule has 0 spiro atoms. The Kier molecular flexibility index (Phi) is 2.77. The molecule has 0 fully saturated rings. The fourth-order valence-corrected chi connectivity index (χ4v) is 2.26. The summed E-state index contributed by atoms with van der Waals surface area (Å²) in [7, 11) is 0. The van der Waals surface area contributed by atoms with Crippen molar-refractivity contribution in [2.45, 2.75) is 32.7 Å². The Balaban J connectivity index is 2.54. The van der Waals surface area contributed by atoms with Gasteiger partial charge in [0, 0.05) is 0 Å². The molecule has 1 aliphatic rings. The second kappa shape index (κ2) is 3.99. The number of nitrogens with zero attached hydrogens (tertiary/aromatic N) is 1. The number of carboxylic acid groups (broad SMARTS) is 1. The summed E-state index contributed by atoms with van der Waals surface area (Å²) in [5, 5.41) is 9.15. The van der Waals surface area contributed by atoms with Crippen LogP contribution in [0.2, 0.25) is 0 Å². The van der Waals surface area contributed by atoms with Gasteiger partial charge in [-0.1, -0.05) is 24.3 Å². The highest BCUT2D eigenvalue weighted by Crippen LogP contribution is 2.29. The number of fused-ring (bicyclic) bond motifs is 1. The van der Waals surface area contributed by atoms with Crippen LogP contribution < -0.4 is 0 Å².